The zero-order valence-electron chi connectivity index (χ0n) is 21.1. The van der Waals surface area contributed by atoms with Crippen LogP contribution in [0.15, 0.2) is 11.6 Å². The van der Waals surface area contributed by atoms with Crippen LogP contribution in [0.1, 0.15) is 74.5 Å². The molecule has 0 spiro atoms. The van der Waals surface area contributed by atoms with E-state index >= 15 is 0 Å². The molecule has 0 amide bonds. The van der Waals surface area contributed by atoms with Crippen molar-refractivity contribution < 1.29 is 28.2 Å². The Morgan fingerprint density at radius 2 is 1.84 bits per heavy atom. The van der Waals surface area contributed by atoms with Gasteiger partial charge in [0, 0.05) is 17.5 Å². The molecule has 0 aromatic heterocycles. The van der Waals surface area contributed by atoms with Gasteiger partial charge in [-0.25, -0.2) is 4.79 Å². The van der Waals surface area contributed by atoms with Gasteiger partial charge in [0.05, 0.1) is 13.7 Å². The van der Waals surface area contributed by atoms with Crippen LogP contribution in [-0.2, 0) is 27.3 Å². The molecule has 0 saturated heterocycles. The molecule has 1 aliphatic rings. The highest BCUT2D eigenvalue weighted by molar-refractivity contribution is 6.74. The summed E-state index contributed by atoms with van der Waals surface area (Å²) < 4.78 is 22.9. The molecule has 1 aromatic carbocycles. The molecule has 0 radical (unpaired) electrons. The first-order valence-corrected chi connectivity index (χ1v) is 14.1. The van der Waals surface area contributed by atoms with E-state index in [9.17, 15) is 9.59 Å². The van der Waals surface area contributed by atoms with Crippen molar-refractivity contribution in [3.05, 3.63) is 33.9 Å². The number of rotatable bonds is 9. The summed E-state index contributed by atoms with van der Waals surface area (Å²) in [7, 11) is -0.601. The third kappa shape index (κ3) is 5.55. The molecule has 7 heteroatoms. The number of carbonyl (C=O) groups is 2. The first-order valence-electron chi connectivity index (χ1n) is 11.2. The van der Waals surface area contributed by atoms with Crippen LogP contribution in [0.3, 0.4) is 0 Å². The summed E-state index contributed by atoms with van der Waals surface area (Å²) in [6.45, 7) is 17.2. The Morgan fingerprint density at radius 1 is 1.19 bits per heavy atom. The standard InChI is InChI=1S/C25H38O6Si/c1-10-29-20(26)14-12-16(2)11-13-18-22(28-7)17(3)19-15-30-24(27)21(19)23(18)31-32(8,9)25(4,5)6/h11H,10,12-15H2,1-9H3. The maximum Gasteiger partial charge on any atom is 0.342 e. The lowest BCUT2D eigenvalue weighted by Crippen LogP contribution is -2.44. The summed E-state index contributed by atoms with van der Waals surface area (Å²) in [5, 5.41) is -0.0385. The van der Waals surface area contributed by atoms with Crippen molar-refractivity contribution >= 4 is 20.3 Å². The second-order valence-electron chi connectivity index (χ2n) is 9.82. The van der Waals surface area contributed by atoms with Crippen LogP contribution in [0.2, 0.25) is 18.1 Å². The van der Waals surface area contributed by atoms with E-state index in [4.69, 9.17) is 18.6 Å². The van der Waals surface area contributed by atoms with Crippen LogP contribution in [0.5, 0.6) is 11.5 Å². The zero-order valence-corrected chi connectivity index (χ0v) is 22.1. The number of hydrogen-bond acceptors (Lipinski definition) is 6. The predicted molar refractivity (Wildman–Crippen MR) is 128 cm³/mol. The first kappa shape index (κ1) is 26.0. The van der Waals surface area contributed by atoms with Gasteiger partial charge in [0.2, 0.25) is 0 Å². The Balaban J connectivity index is 2.52. The van der Waals surface area contributed by atoms with Gasteiger partial charge in [-0.05, 0) is 57.3 Å². The maximum absolute atomic E-state index is 12.7. The molecule has 0 fully saturated rings. The van der Waals surface area contributed by atoms with Crippen molar-refractivity contribution in [1.29, 1.82) is 0 Å². The molecule has 0 unspecified atom stereocenters. The number of esters is 2. The van der Waals surface area contributed by atoms with Gasteiger partial charge < -0.3 is 18.6 Å². The van der Waals surface area contributed by atoms with Gasteiger partial charge in [0.1, 0.15) is 23.7 Å². The third-order valence-electron chi connectivity index (χ3n) is 6.47. The van der Waals surface area contributed by atoms with E-state index in [1.807, 2.05) is 13.8 Å². The molecule has 1 aromatic rings. The van der Waals surface area contributed by atoms with Gasteiger partial charge in [0.15, 0.2) is 0 Å². The van der Waals surface area contributed by atoms with Gasteiger partial charge in [0.25, 0.3) is 8.32 Å². The van der Waals surface area contributed by atoms with Crippen molar-refractivity contribution in [1.82, 2.24) is 0 Å². The molecule has 0 N–H and O–H groups in total. The van der Waals surface area contributed by atoms with Gasteiger partial charge >= 0.3 is 11.9 Å². The molecule has 1 heterocycles. The number of benzene rings is 1. The highest BCUT2D eigenvalue weighted by Gasteiger charge is 2.42. The van der Waals surface area contributed by atoms with E-state index in [0.29, 0.717) is 37.2 Å². The van der Waals surface area contributed by atoms with Crippen LogP contribution < -0.4 is 9.16 Å². The third-order valence-corrected chi connectivity index (χ3v) is 10.8. The molecule has 6 nitrogen and oxygen atoms in total. The van der Waals surface area contributed by atoms with E-state index in [-0.39, 0.29) is 23.6 Å². The minimum atomic E-state index is -2.24. The molecule has 0 atom stereocenters. The molecular formula is C25H38O6Si. The topological polar surface area (TPSA) is 71.1 Å². The lowest BCUT2D eigenvalue weighted by Gasteiger charge is -2.37. The highest BCUT2D eigenvalue weighted by atomic mass is 28.4. The van der Waals surface area contributed by atoms with E-state index in [1.165, 1.54) is 0 Å². The Bertz CT molecular complexity index is 908. The molecule has 2 rings (SSSR count). The number of cyclic esters (lactones) is 1. The van der Waals surface area contributed by atoms with Crippen LogP contribution >= 0.6 is 0 Å². The maximum atomic E-state index is 12.7. The van der Waals surface area contributed by atoms with E-state index in [0.717, 1.165) is 28.0 Å². The molecule has 178 valence electrons. The molecular weight excluding hydrogens is 424 g/mol. The molecule has 32 heavy (non-hydrogen) atoms. The fourth-order valence-corrected chi connectivity index (χ4v) is 4.48. The lowest BCUT2D eigenvalue weighted by molar-refractivity contribution is -0.143. The fourth-order valence-electron chi connectivity index (χ4n) is 3.44. The smallest absolute Gasteiger partial charge is 0.342 e. The quantitative estimate of drug-likeness (QED) is 0.259. The number of allylic oxidation sites excluding steroid dienone is 2. The Hall–Kier alpha value is -2.28. The van der Waals surface area contributed by atoms with Crippen LogP contribution in [0.25, 0.3) is 0 Å². The van der Waals surface area contributed by atoms with Gasteiger partial charge in [-0.15, -0.1) is 0 Å². The largest absolute Gasteiger partial charge is 0.543 e. The van der Waals surface area contributed by atoms with E-state index in [1.54, 1.807) is 14.0 Å². The number of carbonyl (C=O) groups excluding carboxylic acids is 2. The minimum Gasteiger partial charge on any atom is -0.543 e. The number of fused-ring (bicyclic) bond motifs is 1. The summed E-state index contributed by atoms with van der Waals surface area (Å²) in [6.07, 6.45) is 3.56. The van der Waals surface area contributed by atoms with Crippen LogP contribution in [0.4, 0.5) is 0 Å². The SMILES string of the molecule is CCOC(=O)CCC(C)=CCc1c(OC)c(C)c2c(c1O[Si](C)(C)C(C)(C)C)C(=O)OC2. The normalized spacial score (nSPS) is 14.2. The minimum absolute atomic E-state index is 0.0385. The zero-order chi connectivity index (χ0) is 24.3. The first-order chi connectivity index (χ1) is 14.8. The number of ether oxygens (including phenoxy) is 3. The van der Waals surface area contributed by atoms with E-state index < -0.39 is 8.32 Å². The van der Waals surface area contributed by atoms with Crippen molar-refractivity contribution in [2.24, 2.45) is 0 Å². The van der Waals surface area contributed by atoms with E-state index in [2.05, 4.69) is 39.9 Å². The summed E-state index contributed by atoms with van der Waals surface area (Å²) in [5.41, 5.74) is 4.19. The van der Waals surface area contributed by atoms with Gasteiger partial charge in [-0.2, -0.15) is 0 Å². The van der Waals surface area contributed by atoms with Gasteiger partial charge in [-0.1, -0.05) is 32.4 Å². The Morgan fingerprint density at radius 3 is 2.41 bits per heavy atom. The second kappa shape index (κ2) is 10.1. The van der Waals surface area contributed by atoms with Crippen molar-refractivity contribution in [3.63, 3.8) is 0 Å². The Kier molecular flexibility index (Phi) is 8.20. The van der Waals surface area contributed by atoms with Crippen molar-refractivity contribution in [2.75, 3.05) is 13.7 Å². The highest BCUT2D eigenvalue weighted by Crippen LogP contribution is 2.46. The summed E-state index contributed by atoms with van der Waals surface area (Å²) in [6, 6.07) is 0. The summed E-state index contributed by atoms with van der Waals surface area (Å²) >= 11 is 0. The van der Waals surface area contributed by atoms with Crippen molar-refractivity contribution in [2.45, 2.75) is 85.5 Å². The summed E-state index contributed by atoms with van der Waals surface area (Å²) in [5.74, 6) is 0.774. The average Bonchev–Trinajstić information content (AvgIpc) is 3.08. The fraction of sp³-hybridized carbons (Fsp3) is 0.600. The molecule has 0 bridgehead atoms. The molecule has 0 saturated carbocycles. The van der Waals surface area contributed by atoms with Crippen LogP contribution in [-0.4, -0.2) is 34.0 Å². The number of methoxy groups -OCH3 is 1. The lowest BCUT2D eigenvalue weighted by atomic mass is 9.94. The monoisotopic (exact) mass is 462 g/mol. The second-order valence-corrected chi connectivity index (χ2v) is 14.5. The predicted octanol–water partition coefficient (Wildman–Crippen LogP) is 5.89. The van der Waals surface area contributed by atoms with Gasteiger partial charge in [-0.3, -0.25) is 4.79 Å². The van der Waals surface area contributed by atoms with Crippen molar-refractivity contribution in [3.8, 4) is 11.5 Å². The Labute approximate surface area is 193 Å². The number of hydrogen-bond donors (Lipinski definition) is 0. The summed E-state index contributed by atoms with van der Waals surface area (Å²) in [4.78, 5) is 24.4. The van der Waals surface area contributed by atoms with Crippen LogP contribution in [0, 0.1) is 6.92 Å². The molecule has 0 aliphatic carbocycles. The molecule has 1 aliphatic heterocycles. The average molecular weight is 463 g/mol.